The molecule has 2 aromatic carbocycles. The average molecular weight is 427 g/mol. The van der Waals surface area contributed by atoms with Crippen LogP contribution < -0.4 is 4.90 Å². The molecule has 4 aromatic rings. The van der Waals surface area contributed by atoms with Crippen LogP contribution in [0, 0.1) is 11.6 Å². The predicted octanol–water partition coefficient (Wildman–Crippen LogP) is 5.00. The number of esters is 1. The number of carbonyl (C=O) groups excluding carboxylic acids is 1. The summed E-state index contributed by atoms with van der Waals surface area (Å²) in [5.74, 6) is -1.82. The van der Waals surface area contributed by atoms with E-state index in [0.717, 1.165) is 10.9 Å². The summed E-state index contributed by atoms with van der Waals surface area (Å²) in [7, 11) is 4.69. The zero-order valence-corrected chi connectivity index (χ0v) is 17.5. The van der Waals surface area contributed by atoms with Crippen LogP contribution in [0.2, 0.25) is 0 Å². The molecule has 0 unspecified atom stereocenters. The molecule has 2 aromatic heterocycles. The molecule has 8 heteroatoms. The highest BCUT2D eigenvalue weighted by molar-refractivity contribution is 7.10. The van der Waals surface area contributed by atoms with Crippen molar-refractivity contribution >= 4 is 33.9 Å². The van der Waals surface area contributed by atoms with E-state index in [2.05, 4.69) is 5.10 Å². The predicted molar refractivity (Wildman–Crippen MR) is 114 cm³/mol. The second-order valence-corrected chi connectivity index (χ2v) is 7.94. The molecule has 5 nitrogen and oxygen atoms in total. The SMILES string of the molecule is COC(=O)c1ccsc1CN(C)c1c(F)cc(-c2cccc3nn(C)cc23)cc1F. The van der Waals surface area contributed by atoms with Crippen molar-refractivity contribution in [3.05, 3.63) is 70.1 Å². The molecule has 0 radical (unpaired) electrons. The van der Waals surface area contributed by atoms with Gasteiger partial charge in [-0.3, -0.25) is 4.68 Å². The number of nitrogens with zero attached hydrogens (tertiary/aromatic N) is 3. The van der Waals surface area contributed by atoms with Crippen molar-refractivity contribution in [1.29, 1.82) is 0 Å². The Morgan fingerprint density at radius 1 is 1.23 bits per heavy atom. The number of ether oxygens (including phenoxy) is 1. The number of hydrogen-bond acceptors (Lipinski definition) is 5. The lowest BCUT2D eigenvalue weighted by molar-refractivity contribution is 0.0600. The number of aromatic nitrogens is 2. The fourth-order valence-electron chi connectivity index (χ4n) is 3.55. The molecule has 0 bridgehead atoms. The van der Waals surface area contributed by atoms with Crippen molar-refractivity contribution in [2.45, 2.75) is 6.54 Å². The Morgan fingerprint density at radius 2 is 1.97 bits per heavy atom. The average Bonchev–Trinajstić information content (AvgIpc) is 3.31. The van der Waals surface area contributed by atoms with Gasteiger partial charge in [-0.25, -0.2) is 13.6 Å². The topological polar surface area (TPSA) is 47.4 Å². The Hall–Kier alpha value is -3.26. The molecule has 0 saturated heterocycles. The van der Waals surface area contributed by atoms with Crippen molar-refractivity contribution in [2.24, 2.45) is 7.05 Å². The molecule has 0 saturated carbocycles. The van der Waals surface area contributed by atoms with Crippen molar-refractivity contribution in [2.75, 3.05) is 19.1 Å². The van der Waals surface area contributed by atoms with E-state index in [-0.39, 0.29) is 12.2 Å². The van der Waals surface area contributed by atoms with Gasteiger partial charge in [0.15, 0.2) is 0 Å². The van der Waals surface area contributed by atoms with Gasteiger partial charge in [0.05, 0.1) is 24.7 Å². The number of hydrogen-bond donors (Lipinski definition) is 0. The molecule has 0 aliphatic heterocycles. The maximum Gasteiger partial charge on any atom is 0.339 e. The van der Waals surface area contributed by atoms with Gasteiger partial charge < -0.3 is 9.64 Å². The minimum Gasteiger partial charge on any atom is -0.465 e. The summed E-state index contributed by atoms with van der Waals surface area (Å²) in [6.45, 7) is 0.174. The Labute approximate surface area is 176 Å². The van der Waals surface area contributed by atoms with Gasteiger partial charge in [0.1, 0.15) is 17.3 Å². The molecule has 4 rings (SSSR count). The molecule has 0 N–H and O–H groups in total. The first-order valence-corrected chi connectivity index (χ1v) is 10.0. The Bertz CT molecular complexity index is 1230. The zero-order chi connectivity index (χ0) is 21.4. The molecule has 2 heterocycles. The highest BCUT2D eigenvalue weighted by Crippen LogP contribution is 2.34. The normalized spacial score (nSPS) is 11.1. The highest BCUT2D eigenvalue weighted by atomic mass is 32.1. The van der Waals surface area contributed by atoms with E-state index < -0.39 is 17.6 Å². The second-order valence-electron chi connectivity index (χ2n) is 6.93. The van der Waals surface area contributed by atoms with Crippen LogP contribution >= 0.6 is 11.3 Å². The first kappa shape index (κ1) is 20.0. The van der Waals surface area contributed by atoms with E-state index in [4.69, 9.17) is 4.74 Å². The van der Waals surface area contributed by atoms with E-state index in [1.165, 1.54) is 35.5 Å². The molecule has 30 heavy (non-hydrogen) atoms. The third-order valence-electron chi connectivity index (χ3n) is 4.91. The Balaban J connectivity index is 1.69. The standard InChI is InChI=1S/C22H19F2N3O2S/c1-26(12-20-15(7-8-30-20)22(28)29-3)21-17(23)9-13(10-18(21)24)14-5-4-6-19-16(14)11-27(2)25-19/h4-11H,12H2,1-3H3. The molecule has 0 aliphatic rings. The van der Waals surface area contributed by atoms with Crippen molar-refractivity contribution in [3.8, 4) is 11.1 Å². The minimum atomic E-state index is -0.676. The van der Waals surface area contributed by atoms with E-state index in [1.54, 1.807) is 30.2 Å². The van der Waals surface area contributed by atoms with Gasteiger partial charge in [-0.05, 0) is 40.8 Å². The van der Waals surface area contributed by atoms with E-state index in [1.807, 2.05) is 24.4 Å². The molecule has 0 aliphatic carbocycles. The first-order chi connectivity index (χ1) is 14.4. The van der Waals surface area contributed by atoms with Crippen LogP contribution in [0.25, 0.3) is 22.0 Å². The Morgan fingerprint density at radius 3 is 2.67 bits per heavy atom. The van der Waals surface area contributed by atoms with Gasteiger partial charge in [0.25, 0.3) is 0 Å². The van der Waals surface area contributed by atoms with Crippen LogP contribution in [0.4, 0.5) is 14.5 Å². The van der Waals surface area contributed by atoms with Crippen molar-refractivity contribution in [3.63, 3.8) is 0 Å². The maximum absolute atomic E-state index is 15.0. The van der Waals surface area contributed by atoms with Crippen LogP contribution in [0.15, 0.2) is 48.0 Å². The van der Waals surface area contributed by atoms with E-state index in [0.29, 0.717) is 21.6 Å². The van der Waals surface area contributed by atoms with Gasteiger partial charge in [0, 0.05) is 30.6 Å². The number of aryl methyl sites for hydroxylation is 1. The van der Waals surface area contributed by atoms with Crippen LogP contribution in [0.5, 0.6) is 0 Å². The summed E-state index contributed by atoms with van der Waals surface area (Å²) in [4.78, 5) is 14.0. The summed E-state index contributed by atoms with van der Waals surface area (Å²) >= 11 is 1.34. The number of rotatable bonds is 5. The Kier molecular flexibility index (Phi) is 5.26. The first-order valence-electron chi connectivity index (χ1n) is 9.16. The molecule has 0 atom stereocenters. The smallest absolute Gasteiger partial charge is 0.339 e. The monoisotopic (exact) mass is 427 g/mol. The lowest BCUT2D eigenvalue weighted by atomic mass is 10.0. The lowest BCUT2D eigenvalue weighted by Gasteiger charge is -2.21. The largest absolute Gasteiger partial charge is 0.465 e. The number of carbonyl (C=O) groups is 1. The molecular formula is C22H19F2N3O2S. The van der Waals surface area contributed by atoms with Gasteiger partial charge in [-0.2, -0.15) is 5.10 Å². The molecular weight excluding hydrogens is 408 g/mol. The number of benzene rings is 2. The van der Waals surface area contributed by atoms with Crippen LogP contribution in [-0.4, -0.2) is 29.9 Å². The molecule has 0 fully saturated rings. The summed E-state index contributed by atoms with van der Waals surface area (Å²) in [5, 5.41) is 6.92. The lowest BCUT2D eigenvalue weighted by Crippen LogP contribution is -2.20. The van der Waals surface area contributed by atoms with Gasteiger partial charge in [-0.15, -0.1) is 11.3 Å². The number of halogens is 2. The number of methoxy groups -OCH3 is 1. The fourth-order valence-corrected chi connectivity index (χ4v) is 4.46. The molecule has 0 amide bonds. The van der Waals surface area contributed by atoms with Gasteiger partial charge in [-0.1, -0.05) is 12.1 Å². The summed E-state index contributed by atoms with van der Waals surface area (Å²) in [6, 6.07) is 9.78. The molecule has 154 valence electrons. The van der Waals surface area contributed by atoms with E-state index >= 15 is 8.78 Å². The van der Waals surface area contributed by atoms with Crippen LogP contribution in [0.3, 0.4) is 0 Å². The van der Waals surface area contributed by atoms with Gasteiger partial charge >= 0.3 is 5.97 Å². The van der Waals surface area contributed by atoms with E-state index in [9.17, 15) is 4.79 Å². The van der Waals surface area contributed by atoms with Crippen LogP contribution in [0.1, 0.15) is 15.2 Å². The van der Waals surface area contributed by atoms with Crippen molar-refractivity contribution < 1.29 is 18.3 Å². The molecule has 0 spiro atoms. The quantitative estimate of drug-likeness (QED) is 0.421. The van der Waals surface area contributed by atoms with Crippen molar-refractivity contribution in [1.82, 2.24) is 9.78 Å². The second kappa shape index (κ2) is 7.87. The summed E-state index contributed by atoms with van der Waals surface area (Å²) in [5.41, 5.74) is 2.15. The fraction of sp³-hybridized carbons (Fsp3) is 0.182. The number of thiophene rings is 1. The van der Waals surface area contributed by atoms with Gasteiger partial charge in [0.2, 0.25) is 0 Å². The van der Waals surface area contributed by atoms with Crippen LogP contribution in [-0.2, 0) is 18.3 Å². The third-order valence-corrected chi connectivity index (χ3v) is 5.81. The maximum atomic E-state index is 15.0. The summed E-state index contributed by atoms with van der Waals surface area (Å²) in [6.07, 6.45) is 1.83. The number of anilines is 1. The zero-order valence-electron chi connectivity index (χ0n) is 16.6. The minimum absolute atomic E-state index is 0.152. The highest BCUT2D eigenvalue weighted by Gasteiger charge is 2.20. The third kappa shape index (κ3) is 3.54. The number of fused-ring (bicyclic) bond motifs is 1. The summed E-state index contributed by atoms with van der Waals surface area (Å²) < 4.78 is 36.5.